The molecule has 0 spiro atoms. The van der Waals surface area contributed by atoms with Gasteiger partial charge in [0.15, 0.2) is 0 Å². The molecule has 16 heavy (non-hydrogen) atoms. The number of hydrogen-bond acceptors (Lipinski definition) is 3. The van der Waals surface area contributed by atoms with E-state index in [0.29, 0.717) is 6.04 Å². The zero-order valence-electron chi connectivity index (χ0n) is 9.74. The molecule has 0 radical (unpaired) electrons. The topological polar surface area (TPSA) is 50.9 Å². The maximum absolute atomic E-state index is 5.71. The molecule has 2 aliphatic carbocycles. The first-order valence-corrected chi connectivity index (χ1v) is 6.22. The molecule has 86 valence electrons. The van der Waals surface area contributed by atoms with E-state index in [4.69, 9.17) is 5.73 Å². The van der Waals surface area contributed by atoms with Crippen LogP contribution in [0.4, 0.5) is 11.5 Å². The molecule has 2 aliphatic rings. The summed E-state index contributed by atoms with van der Waals surface area (Å²) in [6.45, 7) is 2.07. The molecular weight excluding hydrogens is 198 g/mol. The minimum atomic E-state index is 0.662. The third-order valence-corrected chi connectivity index (χ3v) is 3.66. The van der Waals surface area contributed by atoms with Crippen LogP contribution in [0.5, 0.6) is 0 Å². The number of nitrogens with two attached hydrogens (primary N) is 1. The van der Waals surface area contributed by atoms with E-state index in [2.05, 4.69) is 17.2 Å². The van der Waals surface area contributed by atoms with Gasteiger partial charge in [-0.3, -0.25) is 0 Å². The summed E-state index contributed by atoms with van der Waals surface area (Å²) in [4.78, 5) is 4.40. The van der Waals surface area contributed by atoms with Crippen LogP contribution in [0.25, 0.3) is 0 Å². The summed E-state index contributed by atoms with van der Waals surface area (Å²) >= 11 is 0. The normalized spacial score (nSPS) is 20.1. The van der Waals surface area contributed by atoms with E-state index < -0.39 is 0 Å². The second-order valence-electron chi connectivity index (χ2n) is 5.28. The van der Waals surface area contributed by atoms with Crippen LogP contribution in [0.15, 0.2) is 12.3 Å². The SMILES string of the molecule is Cc1cc(N)cnc1NC(C1CC1)C1CC1. The summed E-state index contributed by atoms with van der Waals surface area (Å²) in [5, 5.41) is 3.63. The van der Waals surface area contributed by atoms with Crippen molar-refractivity contribution in [3.05, 3.63) is 17.8 Å². The van der Waals surface area contributed by atoms with E-state index in [1.807, 2.05) is 6.07 Å². The van der Waals surface area contributed by atoms with Gasteiger partial charge in [-0.2, -0.15) is 0 Å². The lowest BCUT2D eigenvalue weighted by Crippen LogP contribution is -2.25. The highest BCUT2D eigenvalue weighted by Crippen LogP contribution is 2.45. The van der Waals surface area contributed by atoms with E-state index in [-0.39, 0.29) is 0 Å². The number of pyridine rings is 1. The van der Waals surface area contributed by atoms with Crippen LogP contribution in [0.2, 0.25) is 0 Å². The van der Waals surface area contributed by atoms with Crippen molar-refractivity contribution in [2.24, 2.45) is 11.8 Å². The first-order valence-electron chi connectivity index (χ1n) is 6.22. The number of nitrogens with zero attached hydrogens (tertiary/aromatic N) is 1. The van der Waals surface area contributed by atoms with Crippen molar-refractivity contribution in [1.82, 2.24) is 4.98 Å². The van der Waals surface area contributed by atoms with Gasteiger partial charge in [0, 0.05) is 6.04 Å². The van der Waals surface area contributed by atoms with Crippen molar-refractivity contribution in [2.75, 3.05) is 11.1 Å². The van der Waals surface area contributed by atoms with Crippen LogP contribution in [-0.2, 0) is 0 Å². The molecule has 2 fully saturated rings. The summed E-state index contributed by atoms with van der Waals surface area (Å²) < 4.78 is 0. The fourth-order valence-corrected chi connectivity index (χ4v) is 2.44. The first-order chi connectivity index (χ1) is 7.74. The monoisotopic (exact) mass is 217 g/mol. The Morgan fingerprint density at radius 1 is 1.31 bits per heavy atom. The Morgan fingerprint density at radius 3 is 2.44 bits per heavy atom. The zero-order chi connectivity index (χ0) is 11.1. The predicted octanol–water partition coefficient (Wildman–Crippen LogP) is 2.57. The Balaban J connectivity index is 1.76. The van der Waals surface area contributed by atoms with Crippen LogP contribution >= 0.6 is 0 Å². The maximum Gasteiger partial charge on any atom is 0.129 e. The summed E-state index contributed by atoms with van der Waals surface area (Å²) in [6, 6.07) is 2.65. The van der Waals surface area contributed by atoms with Crippen molar-refractivity contribution < 1.29 is 0 Å². The lowest BCUT2D eigenvalue weighted by molar-refractivity contribution is 0.565. The van der Waals surface area contributed by atoms with Gasteiger partial charge in [0.2, 0.25) is 0 Å². The van der Waals surface area contributed by atoms with Gasteiger partial charge in [0.1, 0.15) is 5.82 Å². The third-order valence-electron chi connectivity index (χ3n) is 3.66. The molecule has 0 aliphatic heterocycles. The average molecular weight is 217 g/mol. The van der Waals surface area contributed by atoms with Crippen molar-refractivity contribution >= 4 is 11.5 Å². The van der Waals surface area contributed by atoms with Gasteiger partial charge < -0.3 is 11.1 Å². The molecule has 1 aromatic heterocycles. The highest BCUT2D eigenvalue weighted by molar-refractivity contribution is 5.51. The molecule has 1 aromatic rings. The number of nitrogen functional groups attached to an aromatic ring is 1. The van der Waals surface area contributed by atoms with E-state index in [1.54, 1.807) is 6.20 Å². The lowest BCUT2D eigenvalue weighted by atomic mass is 10.1. The number of anilines is 2. The number of rotatable bonds is 4. The molecule has 0 aromatic carbocycles. The molecule has 0 atom stereocenters. The molecule has 0 amide bonds. The van der Waals surface area contributed by atoms with Crippen molar-refractivity contribution in [3.63, 3.8) is 0 Å². The molecule has 0 saturated heterocycles. The van der Waals surface area contributed by atoms with Gasteiger partial charge in [-0.15, -0.1) is 0 Å². The van der Waals surface area contributed by atoms with E-state index in [9.17, 15) is 0 Å². The van der Waals surface area contributed by atoms with Gasteiger partial charge in [0.05, 0.1) is 11.9 Å². The minimum Gasteiger partial charge on any atom is -0.397 e. The lowest BCUT2D eigenvalue weighted by Gasteiger charge is -2.19. The minimum absolute atomic E-state index is 0.662. The highest BCUT2D eigenvalue weighted by Gasteiger charge is 2.41. The highest BCUT2D eigenvalue weighted by atomic mass is 15.0. The van der Waals surface area contributed by atoms with Crippen LogP contribution in [-0.4, -0.2) is 11.0 Å². The van der Waals surface area contributed by atoms with Crippen molar-refractivity contribution in [3.8, 4) is 0 Å². The van der Waals surface area contributed by atoms with E-state index in [1.165, 1.54) is 25.7 Å². The largest absolute Gasteiger partial charge is 0.397 e. The predicted molar refractivity (Wildman–Crippen MR) is 66.2 cm³/mol. The first kappa shape index (κ1) is 9.94. The number of aryl methyl sites for hydroxylation is 1. The van der Waals surface area contributed by atoms with E-state index in [0.717, 1.165) is 28.9 Å². The van der Waals surface area contributed by atoms with Gasteiger partial charge in [-0.25, -0.2) is 4.98 Å². The van der Waals surface area contributed by atoms with Gasteiger partial charge in [0.25, 0.3) is 0 Å². The van der Waals surface area contributed by atoms with Crippen molar-refractivity contribution in [1.29, 1.82) is 0 Å². The fourth-order valence-electron chi connectivity index (χ4n) is 2.44. The second kappa shape index (κ2) is 3.65. The number of hydrogen-bond donors (Lipinski definition) is 2. The zero-order valence-corrected chi connectivity index (χ0v) is 9.74. The number of aromatic nitrogens is 1. The molecule has 3 heteroatoms. The standard InChI is InChI=1S/C13H19N3/c1-8-6-11(14)7-15-13(8)16-12(9-2-3-9)10-4-5-10/h6-7,9-10,12H,2-5,14H2,1H3,(H,15,16). The summed E-state index contributed by atoms with van der Waals surface area (Å²) in [5.74, 6) is 2.82. The van der Waals surface area contributed by atoms with Crippen LogP contribution in [0, 0.1) is 18.8 Å². The third kappa shape index (κ3) is 1.99. The Morgan fingerprint density at radius 2 is 1.94 bits per heavy atom. The fraction of sp³-hybridized carbons (Fsp3) is 0.615. The van der Waals surface area contributed by atoms with Gasteiger partial charge in [-0.1, -0.05) is 0 Å². The van der Waals surface area contributed by atoms with Crippen LogP contribution < -0.4 is 11.1 Å². The van der Waals surface area contributed by atoms with E-state index >= 15 is 0 Å². The summed E-state index contributed by atoms with van der Waals surface area (Å²) in [7, 11) is 0. The van der Waals surface area contributed by atoms with Gasteiger partial charge in [-0.05, 0) is 56.1 Å². The Hall–Kier alpha value is -1.25. The molecule has 0 unspecified atom stereocenters. The molecule has 1 heterocycles. The molecule has 0 bridgehead atoms. The quantitative estimate of drug-likeness (QED) is 0.815. The molecule has 3 nitrogen and oxygen atoms in total. The van der Waals surface area contributed by atoms with Gasteiger partial charge >= 0.3 is 0 Å². The maximum atomic E-state index is 5.71. The van der Waals surface area contributed by atoms with Crippen molar-refractivity contribution in [2.45, 2.75) is 38.6 Å². The molecule has 3 rings (SSSR count). The molecular formula is C13H19N3. The Labute approximate surface area is 96.4 Å². The van der Waals surface area contributed by atoms with Crippen LogP contribution in [0.1, 0.15) is 31.2 Å². The smallest absolute Gasteiger partial charge is 0.129 e. The Bertz CT molecular complexity index is 382. The number of nitrogens with one attached hydrogen (secondary N) is 1. The Kier molecular flexibility index (Phi) is 2.27. The van der Waals surface area contributed by atoms with Crippen LogP contribution in [0.3, 0.4) is 0 Å². The summed E-state index contributed by atoms with van der Waals surface area (Å²) in [6.07, 6.45) is 7.31. The average Bonchev–Trinajstić information content (AvgIpc) is 3.11. The second-order valence-corrected chi connectivity index (χ2v) is 5.28. The summed E-state index contributed by atoms with van der Waals surface area (Å²) in [5.41, 5.74) is 7.62. The molecule has 2 saturated carbocycles. The molecule has 3 N–H and O–H groups in total.